The van der Waals surface area contributed by atoms with Gasteiger partial charge in [0, 0.05) is 23.9 Å². The first-order valence-electron chi connectivity index (χ1n) is 6.54. The van der Waals surface area contributed by atoms with Gasteiger partial charge in [-0.05, 0) is 36.4 Å². The molecule has 0 aliphatic carbocycles. The number of hydrogen-bond acceptors (Lipinski definition) is 4. The molecule has 0 spiro atoms. The van der Waals surface area contributed by atoms with Crippen molar-refractivity contribution in [2.24, 2.45) is 12.8 Å². The number of aryl methyl sites for hydroxylation is 1. The van der Waals surface area contributed by atoms with E-state index >= 15 is 0 Å². The SMILES string of the molecule is CSc1ccc(Cc2c(C(N)=O)nn(C)c(=O)c2C)c(F)c1. The lowest BCUT2D eigenvalue weighted by atomic mass is 9.99. The van der Waals surface area contributed by atoms with Crippen LogP contribution >= 0.6 is 11.8 Å². The lowest BCUT2D eigenvalue weighted by molar-refractivity contribution is 0.0992. The van der Waals surface area contributed by atoms with Crippen molar-refractivity contribution in [1.82, 2.24) is 9.78 Å². The van der Waals surface area contributed by atoms with E-state index in [9.17, 15) is 14.0 Å². The molecule has 2 aromatic rings. The summed E-state index contributed by atoms with van der Waals surface area (Å²) in [6.07, 6.45) is 1.95. The van der Waals surface area contributed by atoms with E-state index in [2.05, 4.69) is 5.10 Å². The zero-order chi connectivity index (χ0) is 16.4. The number of carbonyl (C=O) groups is 1. The van der Waals surface area contributed by atoms with Gasteiger partial charge in [-0.3, -0.25) is 9.59 Å². The Morgan fingerprint density at radius 2 is 2.14 bits per heavy atom. The summed E-state index contributed by atoms with van der Waals surface area (Å²) in [4.78, 5) is 24.4. The Morgan fingerprint density at radius 3 is 2.68 bits per heavy atom. The molecule has 116 valence electrons. The second-order valence-corrected chi connectivity index (χ2v) is 5.76. The number of aromatic nitrogens is 2. The van der Waals surface area contributed by atoms with Gasteiger partial charge in [0.1, 0.15) is 5.82 Å². The number of nitrogens with two attached hydrogens (primary N) is 1. The smallest absolute Gasteiger partial charge is 0.269 e. The molecule has 0 saturated heterocycles. The van der Waals surface area contributed by atoms with Crippen LogP contribution in [0.2, 0.25) is 0 Å². The maximum absolute atomic E-state index is 14.1. The molecule has 0 radical (unpaired) electrons. The summed E-state index contributed by atoms with van der Waals surface area (Å²) in [6, 6.07) is 4.85. The van der Waals surface area contributed by atoms with Crippen LogP contribution in [-0.4, -0.2) is 21.9 Å². The predicted octanol–water partition coefficient (Wildman–Crippen LogP) is 1.64. The van der Waals surface area contributed by atoms with E-state index in [0.717, 1.165) is 9.58 Å². The summed E-state index contributed by atoms with van der Waals surface area (Å²) < 4.78 is 15.2. The van der Waals surface area contributed by atoms with Crippen molar-refractivity contribution in [3.63, 3.8) is 0 Å². The van der Waals surface area contributed by atoms with E-state index in [1.54, 1.807) is 19.1 Å². The Kier molecular flexibility index (Phi) is 4.65. The normalized spacial score (nSPS) is 10.7. The summed E-state index contributed by atoms with van der Waals surface area (Å²) in [6.45, 7) is 1.58. The van der Waals surface area contributed by atoms with Gasteiger partial charge in [0.25, 0.3) is 11.5 Å². The molecule has 1 aromatic carbocycles. The van der Waals surface area contributed by atoms with Crippen molar-refractivity contribution < 1.29 is 9.18 Å². The topological polar surface area (TPSA) is 78.0 Å². The van der Waals surface area contributed by atoms with Gasteiger partial charge in [-0.2, -0.15) is 5.10 Å². The average molecular weight is 321 g/mol. The summed E-state index contributed by atoms with van der Waals surface area (Å²) in [5.41, 5.74) is 6.09. The minimum Gasteiger partial charge on any atom is -0.364 e. The number of amides is 1. The van der Waals surface area contributed by atoms with Gasteiger partial charge >= 0.3 is 0 Å². The Labute approximate surface area is 131 Å². The first kappa shape index (κ1) is 16.2. The fourth-order valence-electron chi connectivity index (χ4n) is 2.21. The quantitative estimate of drug-likeness (QED) is 0.868. The van der Waals surface area contributed by atoms with Crippen molar-refractivity contribution in [2.45, 2.75) is 18.2 Å². The van der Waals surface area contributed by atoms with Crippen LogP contribution in [0.1, 0.15) is 27.2 Å². The van der Waals surface area contributed by atoms with Crippen LogP contribution in [0.3, 0.4) is 0 Å². The summed E-state index contributed by atoms with van der Waals surface area (Å²) in [5, 5.41) is 3.90. The van der Waals surface area contributed by atoms with Gasteiger partial charge in [0.15, 0.2) is 5.69 Å². The lowest BCUT2D eigenvalue weighted by Gasteiger charge is -2.12. The van der Waals surface area contributed by atoms with E-state index < -0.39 is 5.91 Å². The molecule has 2 rings (SSSR count). The van der Waals surface area contributed by atoms with Gasteiger partial charge in [-0.1, -0.05) is 6.07 Å². The first-order valence-corrected chi connectivity index (χ1v) is 7.76. The van der Waals surface area contributed by atoms with Crippen molar-refractivity contribution in [3.05, 3.63) is 56.8 Å². The zero-order valence-electron chi connectivity index (χ0n) is 12.5. The van der Waals surface area contributed by atoms with Gasteiger partial charge in [0.05, 0.1) is 0 Å². The summed E-state index contributed by atoms with van der Waals surface area (Å²) >= 11 is 1.43. The van der Waals surface area contributed by atoms with Crippen LogP contribution in [-0.2, 0) is 13.5 Å². The highest BCUT2D eigenvalue weighted by molar-refractivity contribution is 7.98. The molecular formula is C15H16FN3O2S. The number of primary amides is 1. The van der Waals surface area contributed by atoms with E-state index in [1.165, 1.54) is 24.9 Å². The van der Waals surface area contributed by atoms with Crippen LogP contribution < -0.4 is 11.3 Å². The molecule has 22 heavy (non-hydrogen) atoms. The molecular weight excluding hydrogens is 305 g/mol. The van der Waals surface area contributed by atoms with Crippen molar-refractivity contribution in [3.8, 4) is 0 Å². The van der Waals surface area contributed by atoms with Crippen LogP contribution in [0.25, 0.3) is 0 Å². The number of rotatable bonds is 4. The van der Waals surface area contributed by atoms with E-state index in [1.807, 2.05) is 6.26 Å². The second-order valence-electron chi connectivity index (χ2n) is 4.88. The molecule has 0 aliphatic heterocycles. The molecule has 1 heterocycles. The molecule has 1 amide bonds. The maximum atomic E-state index is 14.1. The van der Waals surface area contributed by atoms with E-state index in [4.69, 9.17) is 5.73 Å². The highest BCUT2D eigenvalue weighted by atomic mass is 32.2. The number of nitrogens with zero attached hydrogens (tertiary/aromatic N) is 2. The Bertz CT molecular complexity index is 802. The van der Waals surface area contributed by atoms with Gasteiger partial charge in [-0.15, -0.1) is 11.8 Å². The molecule has 0 unspecified atom stereocenters. The van der Waals surface area contributed by atoms with Crippen molar-refractivity contribution in [1.29, 1.82) is 0 Å². The molecule has 0 saturated carbocycles. The Hall–Kier alpha value is -2.15. The van der Waals surface area contributed by atoms with Gasteiger partial charge in [0.2, 0.25) is 0 Å². The third-order valence-corrected chi connectivity index (χ3v) is 4.19. The highest BCUT2D eigenvalue weighted by Crippen LogP contribution is 2.22. The number of hydrogen-bond donors (Lipinski definition) is 1. The second kappa shape index (κ2) is 6.31. The molecule has 1 aromatic heterocycles. The predicted molar refractivity (Wildman–Crippen MR) is 83.7 cm³/mol. The molecule has 0 atom stereocenters. The zero-order valence-corrected chi connectivity index (χ0v) is 13.3. The van der Waals surface area contributed by atoms with Crippen LogP contribution in [0.15, 0.2) is 27.9 Å². The molecule has 2 N–H and O–H groups in total. The molecule has 0 bridgehead atoms. The molecule has 7 heteroatoms. The maximum Gasteiger partial charge on any atom is 0.269 e. The first-order chi connectivity index (χ1) is 10.3. The van der Waals surface area contributed by atoms with E-state index in [-0.39, 0.29) is 23.5 Å². The fourth-order valence-corrected chi connectivity index (χ4v) is 2.63. The standard InChI is InChI=1S/C15H16FN3O2S/c1-8-11(13(14(17)20)18-19(2)15(8)21)6-9-4-5-10(22-3)7-12(9)16/h4-5,7H,6H2,1-3H3,(H2,17,20). The number of benzene rings is 1. The minimum atomic E-state index is -0.741. The average Bonchev–Trinajstić information content (AvgIpc) is 2.48. The number of halogens is 1. The number of thioether (sulfide) groups is 1. The van der Waals surface area contributed by atoms with Crippen LogP contribution in [0, 0.1) is 12.7 Å². The third kappa shape index (κ3) is 3.04. The molecule has 0 fully saturated rings. The summed E-state index contributed by atoms with van der Waals surface area (Å²) in [5.74, 6) is -1.13. The van der Waals surface area contributed by atoms with Crippen molar-refractivity contribution in [2.75, 3.05) is 6.26 Å². The Morgan fingerprint density at radius 1 is 1.45 bits per heavy atom. The van der Waals surface area contributed by atoms with E-state index in [0.29, 0.717) is 16.7 Å². The van der Waals surface area contributed by atoms with Crippen LogP contribution in [0.5, 0.6) is 0 Å². The molecule has 0 aliphatic rings. The fraction of sp³-hybridized carbons (Fsp3) is 0.267. The summed E-state index contributed by atoms with van der Waals surface area (Å²) in [7, 11) is 1.44. The third-order valence-electron chi connectivity index (χ3n) is 3.46. The van der Waals surface area contributed by atoms with Crippen LogP contribution in [0.4, 0.5) is 4.39 Å². The molecule has 5 nitrogen and oxygen atoms in total. The largest absolute Gasteiger partial charge is 0.364 e. The van der Waals surface area contributed by atoms with Gasteiger partial charge in [-0.25, -0.2) is 9.07 Å². The monoisotopic (exact) mass is 321 g/mol. The van der Waals surface area contributed by atoms with Crippen molar-refractivity contribution >= 4 is 17.7 Å². The lowest BCUT2D eigenvalue weighted by Crippen LogP contribution is -2.29. The minimum absolute atomic E-state index is 0.00653. The number of carbonyl (C=O) groups excluding carboxylic acids is 1. The highest BCUT2D eigenvalue weighted by Gasteiger charge is 2.18. The Balaban J connectivity index is 2.56. The van der Waals surface area contributed by atoms with Gasteiger partial charge < -0.3 is 5.73 Å².